The summed E-state index contributed by atoms with van der Waals surface area (Å²) in [6, 6.07) is 18.0. The van der Waals surface area contributed by atoms with Crippen LogP contribution in [0.25, 0.3) is 11.1 Å². The van der Waals surface area contributed by atoms with Crippen LogP contribution in [0.15, 0.2) is 60.9 Å². The van der Waals surface area contributed by atoms with E-state index in [0.717, 1.165) is 29.7 Å². The van der Waals surface area contributed by atoms with Gasteiger partial charge in [0.1, 0.15) is 12.4 Å². The quantitative estimate of drug-likeness (QED) is 0.546. The monoisotopic (exact) mass is 432 g/mol. The SMILES string of the molecule is CCCN1CCN(C(=O)CCn2cnnn2)[C@@H](Cc2ccc(-c3ccccc3)cc2)C1=O. The lowest BCUT2D eigenvalue weighted by molar-refractivity contribution is -0.151. The van der Waals surface area contributed by atoms with Crippen LogP contribution < -0.4 is 0 Å². The van der Waals surface area contributed by atoms with E-state index in [1.165, 1.54) is 11.0 Å². The molecule has 0 unspecified atom stereocenters. The Morgan fingerprint density at radius 1 is 1.00 bits per heavy atom. The van der Waals surface area contributed by atoms with Gasteiger partial charge in [-0.25, -0.2) is 4.68 Å². The van der Waals surface area contributed by atoms with Gasteiger partial charge in [0.25, 0.3) is 0 Å². The van der Waals surface area contributed by atoms with Crippen LogP contribution in [0.5, 0.6) is 0 Å². The second-order valence-electron chi connectivity index (χ2n) is 8.02. The molecule has 1 atom stereocenters. The lowest BCUT2D eigenvalue weighted by Crippen LogP contribution is -2.59. The molecule has 3 aromatic rings. The zero-order valence-electron chi connectivity index (χ0n) is 18.3. The molecule has 1 aliphatic rings. The number of amides is 2. The third kappa shape index (κ3) is 5.01. The van der Waals surface area contributed by atoms with Gasteiger partial charge in [0.05, 0.1) is 6.54 Å². The van der Waals surface area contributed by atoms with E-state index >= 15 is 0 Å². The van der Waals surface area contributed by atoms with Crippen LogP contribution in [0.1, 0.15) is 25.3 Å². The highest BCUT2D eigenvalue weighted by atomic mass is 16.2. The van der Waals surface area contributed by atoms with Crippen LogP contribution >= 0.6 is 0 Å². The van der Waals surface area contributed by atoms with Gasteiger partial charge in [-0.3, -0.25) is 9.59 Å². The maximum absolute atomic E-state index is 13.3. The van der Waals surface area contributed by atoms with Crippen molar-refractivity contribution in [3.8, 4) is 11.1 Å². The van der Waals surface area contributed by atoms with Gasteiger partial charge < -0.3 is 9.80 Å². The van der Waals surface area contributed by atoms with Gasteiger partial charge in [0.2, 0.25) is 11.8 Å². The maximum Gasteiger partial charge on any atom is 0.245 e. The summed E-state index contributed by atoms with van der Waals surface area (Å²) in [5, 5.41) is 11.0. The molecular weight excluding hydrogens is 404 g/mol. The van der Waals surface area contributed by atoms with Gasteiger partial charge in [-0.05, 0) is 33.5 Å². The van der Waals surface area contributed by atoms with Gasteiger partial charge in [0.15, 0.2) is 0 Å². The summed E-state index contributed by atoms with van der Waals surface area (Å²) in [7, 11) is 0. The van der Waals surface area contributed by atoms with E-state index in [9.17, 15) is 9.59 Å². The third-order valence-corrected chi connectivity index (χ3v) is 5.83. The normalized spacial score (nSPS) is 16.4. The van der Waals surface area contributed by atoms with E-state index in [1.54, 1.807) is 4.90 Å². The Kier molecular flexibility index (Phi) is 6.89. The van der Waals surface area contributed by atoms with Crippen molar-refractivity contribution in [2.45, 2.75) is 38.8 Å². The predicted octanol–water partition coefficient (Wildman–Crippen LogP) is 2.42. The Morgan fingerprint density at radius 3 is 2.44 bits per heavy atom. The van der Waals surface area contributed by atoms with Crippen molar-refractivity contribution in [1.29, 1.82) is 0 Å². The standard InChI is InChI=1S/C24H28N6O2/c1-2-13-28-15-16-30(23(31)12-14-29-18-25-26-27-29)22(24(28)32)17-19-8-10-21(11-9-19)20-6-4-3-5-7-20/h3-11,18,22H,2,12-17H2,1H3/t22-/m0/s1. The number of nitrogens with zero attached hydrogens (tertiary/aromatic N) is 6. The molecule has 32 heavy (non-hydrogen) atoms. The van der Waals surface area contributed by atoms with Crippen LogP contribution in [0, 0.1) is 0 Å². The van der Waals surface area contributed by atoms with E-state index in [-0.39, 0.29) is 18.2 Å². The van der Waals surface area contributed by atoms with Crippen LogP contribution in [0.2, 0.25) is 0 Å². The summed E-state index contributed by atoms with van der Waals surface area (Å²) in [5.74, 6) is -0.0167. The van der Waals surface area contributed by atoms with Crippen LogP contribution in [0.4, 0.5) is 0 Å². The van der Waals surface area contributed by atoms with Crippen molar-refractivity contribution >= 4 is 11.8 Å². The van der Waals surface area contributed by atoms with Gasteiger partial charge in [0, 0.05) is 32.5 Å². The zero-order valence-corrected chi connectivity index (χ0v) is 18.3. The Bertz CT molecular complexity index is 1020. The van der Waals surface area contributed by atoms with Crippen molar-refractivity contribution in [2.75, 3.05) is 19.6 Å². The van der Waals surface area contributed by atoms with E-state index in [1.807, 2.05) is 23.1 Å². The first kappa shape index (κ1) is 21.7. The minimum absolute atomic E-state index is 0.0287. The van der Waals surface area contributed by atoms with Crippen molar-refractivity contribution in [3.05, 3.63) is 66.5 Å². The van der Waals surface area contributed by atoms with E-state index < -0.39 is 6.04 Å². The molecule has 1 aromatic heterocycles. The fourth-order valence-electron chi connectivity index (χ4n) is 4.15. The molecule has 2 aromatic carbocycles. The van der Waals surface area contributed by atoms with Crippen molar-refractivity contribution in [1.82, 2.24) is 30.0 Å². The Morgan fingerprint density at radius 2 is 1.75 bits per heavy atom. The number of carbonyl (C=O) groups excluding carboxylic acids is 2. The maximum atomic E-state index is 13.3. The molecule has 0 radical (unpaired) electrons. The first-order valence-corrected chi connectivity index (χ1v) is 11.1. The number of hydrogen-bond acceptors (Lipinski definition) is 5. The highest BCUT2D eigenvalue weighted by molar-refractivity contribution is 5.89. The van der Waals surface area contributed by atoms with Crippen LogP contribution in [-0.2, 0) is 22.6 Å². The lowest BCUT2D eigenvalue weighted by atomic mass is 9.98. The second kappa shape index (κ2) is 10.2. The third-order valence-electron chi connectivity index (χ3n) is 5.83. The van der Waals surface area contributed by atoms with E-state index in [4.69, 9.17) is 0 Å². The summed E-state index contributed by atoms with van der Waals surface area (Å²) in [4.78, 5) is 29.9. The molecule has 0 aliphatic carbocycles. The topological polar surface area (TPSA) is 84.2 Å². The second-order valence-corrected chi connectivity index (χ2v) is 8.02. The smallest absolute Gasteiger partial charge is 0.245 e. The minimum atomic E-state index is -0.487. The molecule has 1 aliphatic heterocycles. The van der Waals surface area contributed by atoms with Crippen molar-refractivity contribution < 1.29 is 9.59 Å². The number of rotatable bonds is 8. The summed E-state index contributed by atoms with van der Waals surface area (Å²) in [5.41, 5.74) is 3.33. The van der Waals surface area contributed by atoms with E-state index in [0.29, 0.717) is 26.1 Å². The van der Waals surface area contributed by atoms with Crippen LogP contribution in [-0.4, -0.2) is 67.5 Å². The summed E-state index contributed by atoms with van der Waals surface area (Å²) < 4.78 is 1.53. The predicted molar refractivity (Wildman–Crippen MR) is 120 cm³/mol. The number of carbonyl (C=O) groups is 2. The largest absolute Gasteiger partial charge is 0.339 e. The van der Waals surface area contributed by atoms with E-state index in [2.05, 4.69) is 58.8 Å². The molecule has 4 rings (SSSR count). The summed E-state index contributed by atoms with van der Waals surface area (Å²) in [6.07, 6.45) is 3.15. The zero-order chi connectivity index (χ0) is 22.3. The van der Waals surface area contributed by atoms with Crippen molar-refractivity contribution in [3.63, 3.8) is 0 Å². The fraction of sp³-hybridized carbons (Fsp3) is 0.375. The summed E-state index contributed by atoms with van der Waals surface area (Å²) >= 11 is 0. The van der Waals surface area contributed by atoms with Gasteiger partial charge in [-0.1, -0.05) is 61.5 Å². The van der Waals surface area contributed by atoms with Gasteiger partial charge >= 0.3 is 0 Å². The number of piperazine rings is 1. The minimum Gasteiger partial charge on any atom is -0.339 e. The molecule has 2 amide bonds. The molecular formula is C24H28N6O2. The first-order valence-electron chi connectivity index (χ1n) is 11.1. The van der Waals surface area contributed by atoms with Gasteiger partial charge in [-0.15, -0.1) is 5.10 Å². The lowest BCUT2D eigenvalue weighted by Gasteiger charge is -2.41. The molecule has 166 valence electrons. The number of aryl methyl sites for hydroxylation is 1. The highest BCUT2D eigenvalue weighted by Gasteiger charge is 2.36. The molecule has 8 nitrogen and oxygen atoms in total. The number of aromatic nitrogens is 4. The number of hydrogen-bond donors (Lipinski definition) is 0. The van der Waals surface area contributed by atoms with Gasteiger partial charge in [-0.2, -0.15) is 0 Å². The number of benzene rings is 2. The molecule has 2 heterocycles. The first-order chi connectivity index (χ1) is 15.7. The molecule has 0 N–H and O–H groups in total. The van der Waals surface area contributed by atoms with Crippen LogP contribution in [0.3, 0.4) is 0 Å². The Labute approximate surface area is 187 Å². The summed E-state index contributed by atoms with van der Waals surface area (Å²) in [6.45, 7) is 4.30. The van der Waals surface area contributed by atoms with Crippen molar-refractivity contribution in [2.24, 2.45) is 0 Å². The molecule has 8 heteroatoms. The molecule has 0 bridgehead atoms. The Hall–Kier alpha value is -3.55. The fourth-order valence-corrected chi connectivity index (χ4v) is 4.15. The number of tetrazole rings is 1. The highest BCUT2D eigenvalue weighted by Crippen LogP contribution is 2.22. The Balaban J connectivity index is 1.49. The average molecular weight is 433 g/mol. The average Bonchev–Trinajstić information content (AvgIpc) is 3.35. The molecule has 1 saturated heterocycles. The molecule has 1 fully saturated rings. The molecule has 0 saturated carbocycles. The molecule has 0 spiro atoms.